The fourth-order valence-electron chi connectivity index (χ4n) is 1.29. The van der Waals surface area contributed by atoms with Crippen molar-refractivity contribution >= 4 is 40.9 Å². The van der Waals surface area contributed by atoms with E-state index in [4.69, 9.17) is 33.4 Å². The summed E-state index contributed by atoms with van der Waals surface area (Å²) in [6, 6.07) is 2.59. The molecule has 104 valence electrons. The van der Waals surface area contributed by atoms with Gasteiger partial charge >= 0.3 is 12.0 Å². The van der Waals surface area contributed by atoms with Gasteiger partial charge in [-0.2, -0.15) is 0 Å². The Morgan fingerprint density at radius 2 is 1.95 bits per heavy atom. The third-order valence-corrected chi connectivity index (χ3v) is 2.94. The van der Waals surface area contributed by atoms with E-state index in [9.17, 15) is 9.59 Å². The van der Waals surface area contributed by atoms with Gasteiger partial charge in [0.25, 0.3) is 0 Å². The van der Waals surface area contributed by atoms with E-state index in [0.29, 0.717) is 10.7 Å². The molecule has 1 aromatic carbocycles. The normalized spacial score (nSPS) is 11.7. The van der Waals surface area contributed by atoms with Gasteiger partial charge in [0.05, 0.1) is 10.0 Å². The highest BCUT2D eigenvalue weighted by molar-refractivity contribution is 6.42. The number of carbonyl (C=O) groups excluding carboxylic acids is 1. The van der Waals surface area contributed by atoms with Gasteiger partial charge in [0.2, 0.25) is 0 Å². The van der Waals surface area contributed by atoms with E-state index < -0.39 is 18.0 Å². The van der Waals surface area contributed by atoms with Gasteiger partial charge in [0.15, 0.2) is 0 Å². The van der Waals surface area contributed by atoms with Gasteiger partial charge in [-0.1, -0.05) is 23.2 Å². The molecule has 0 saturated carbocycles. The Morgan fingerprint density at radius 3 is 2.47 bits per heavy atom. The molecule has 0 saturated heterocycles. The van der Waals surface area contributed by atoms with Crippen LogP contribution < -0.4 is 10.6 Å². The highest BCUT2D eigenvalue weighted by Crippen LogP contribution is 2.24. The van der Waals surface area contributed by atoms with Crippen LogP contribution in [0.2, 0.25) is 10.0 Å². The Labute approximate surface area is 119 Å². The van der Waals surface area contributed by atoms with Crippen LogP contribution in [-0.4, -0.2) is 34.9 Å². The Hall–Kier alpha value is -1.50. The highest BCUT2D eigenvalue weighted by Gasteiger charge is 2.19. The Kier molecular flexibility index (Phi) is 5.88. The molecule has 0 bridgehead atoms. The number of carboxylic acid groups (broad SMARTS) is 1. The number of nitrogens with one attached hydrogen (secondary N) is 2. The minimum atomic E-state index is -1.22. The summed E-state index contributed by atoms with van der Waals surface area (Å²) in [6.45, 7) is -0.343. The summed E-state index contributed by atoms with van der Waals surface area (Å²) < 4.78 is 0. The van der Waals surface area contributed by atoms with Crippen LogP contribution in [0.15, 0.2) is 18.2 Å². The molecular formula is C11H12Cl2N2O4. The molecule has 2 amide bonds. The van der Waals surface area contributed by atoms with E-state index in [1.54, 1.807) is 0 Å². The van der Waals surface area contributed by atoms with Gasteiger partial charge in [-0.05, 0) is 18.2 Å². The molecule has 0 heterocycles. The predicted octanol–water partition coefficient (Wildman–Crippen LogP) is 1.95. The van der Waals surface area contributed by atoms with E-state index in [1.165, 1.54) is 18.2 Å². The summed E-state index contributed by atoms with van der Waals surface area (Å²) in [4.78, 5) is 22.3. The Morgan fingerprint density at radius 1 is 1.26 bits per heavy atom. The Balaban J connectivity index is 2.63. The molecule has 0 aliphatic rings. The average molecular weight is 307 g/mol. The second-order valence-electron chi connectivity index (χ2n) is 3.63. The molecule has 6 nitrogen and oxygen atoms in total. The first kappa shape index (κ1) is 15.6. The summed E-state index contributed by atoms with van der Waals surface area (Å²) in [7, 11) is 0. The van der Waals surface area contributed by atoms with Crippen molar-refractivity contribution in [2.45, 2.75) is 12.5 Å². The lowest BCUT2D eigenvalue weighted by Gasteiger charge is -2.14. The van der Waals surface area contributed by atoms with E-state index in [2.05, 4.69) is 10.6 Å². The second kappa shape index (κ2) is 7.18. The first-order valence-corrected chi connectivity index (χ1v) is 6.06. The largest absolute Gasteiger partial charge is 0.480 e. The molecule has 8 heteroatoms. The van der Waals surface area contributed by atoms with Crippen LogP contribution in [0.1, 0.15) is 6.42 Å². The smallest absolute Gasteiger partial charge is 0.326 e. The minimum absolute atomic E-state index is 0.0792. The van der Waals surface area contributed by atoms with Gasteiger partial charge in [-0.15, -0.1) is 0 Å². The molecule has 0 aromatic heterocycles. The number of aliphatic carboxylic acids is 1. The van der Waals surface area contributed by atoms with Gasteiger partial charge < -0.3 is 20.8 Å². The van der Waals surface area contributed by atoms with Gasteiger partial charge in [0.1, 0.15) is 6.04 Å². The van der Waals surface area contributed by atoms with Crippen LogP contribution in [-0.2, 0) is 4.79 Å². The summed E-state index contributed by atoms with van der Waals surface area (Å²) in [6.07, 6.45) is -0.0792. The fourth-order valence-corrected chi connectivity index (χ4v) is 1.58. The number of hydrogen-bond acceptors (Lipinski definition) is 3. The predicted molar refractivity (Wildman–Crippen MR) is 71.7 cm³/mol. The quantitative estimate of drug-likeness (QED) is 0.668. The van der Waals surface area contributed by atoms with Crippen LogP contribution in [0.5, 0.6) is 0 Å². The molecular weight excluding hydrogens is 295 g/mol. The lowest BCUT2D eigenvalue weighted by Crippen LogP contribution is -2.43. The van der Waals surface area contributed by atoms with Gasteiger partial charge in [-0.3, -0.25) is 0 Å². The zero-order chi connectivity index (χ0) is 14.4. The number of carbonyl (C=O) groups is 2. The van der Waals surface area contributed by atoms with Crippen molar-refractivity contribution in [3.8, 4) is 0 Å². The lowest BCUT2D eigenvalue weighted by atomic mass is 10.2. The van der Waals surface area contributed by atoms with Crippen molar-refractivity contribution in [2.75, 3.05) is 11.9 Å². The first-order chi connectivity index (χ1) is 8.93. The molecule has 0 spiro atoms. The number of aliphatic hydroxyl groups excluding tert-OH is 1. The van der Waals surface area contributed by atoms with Crippen LogP contribution in [0.4, 0.5) is 10.5 Å². The van der Waals surface area contributed by atoms with Crippen LogP contribution >= 0.6 is 23.2 Å². The van der Waals surface area contributed by atoms with Crippen molar-refractivity contribution in [3.63, 3.8) is 0 Å². The van der Waals surface area contributed by atoms with E-state index >= 15 is 0 Å². The number of hydrogen-bond donors (Lipinski definition) is 4. The summed E-state index contributed by atoms with van der Waals surface area (Å²) in [5, 5.41) is 22.7. The van der Waals surface area contributed by atoms with Crippen molar-refractivity contribution < 1.29 is 19.8 Å². The third-order valence-electron chi connectivity index (χ3n) is 2.20. The maximum absolute atomic E-state index is 11.6. The minimum Gasteiger partial charge on any atom is -0.480 e. The number of amides is 2. The zero-order valence-corrected chi connectivity index (χ0v) is 11.2. The summed E-state index contributed by atoms with van der Waals surface area (Å²) in [5.41, 5.74) is 0.375. The van der Waals surface area contributed by atoms with Crippen LogP contribution in [0.25, 0.3) is 0 Å². The number of urea groups is 1. The highest BCUT2D eigenvalue weighted by atomic mass is 35.5. The number of anilines is 1. The van der Waals surface area contributed by atoms with E-state index in [-0.39, 0.29) is 18.1 Å². The summed E-state index contributed by atoms with van der Waals surface area (Å²) >= 11 is 11.5. The maximum Gasteiger partial charge on any atom is 0.326 e. The van der Waals surface area contributed by atoms with Crippen LogP contribution in [0.3, 0.4) is 0 Å². The number of benzene rings is 1. The molecule has 0 aliphatic carbocycles. The molecule has 4 N–H and O–H groups in total. The van der Waals surface area contributed by atoms with Crippen molar-refractivity contribution in [1.82, 2.24) is 5.32 Å². The first-order valence-electron chi connectivity index (χ1n) is 5.30. The van der Waals surface area contributed by atoms with Crippen molar-refractivity contribution in [2.24, 2.45) is 0 Å². The van der Waals surface area contributed by atoms with Gasteiger partial charge in [-0.25, -0.2) is 9.59 Å². The second-order valence-corrected chi connectivity index (χ2v) is 4.44. The summed E-state index contributed by atoms with van der Waals surface area (Å²) in [5.74, 6) is -1.22. The molecule has 19 heavy (non-hydrogen) atoms. The van der Waals surface area contributed by atoms with Crippen molar-refractivity contribution in [1.29, 1.82) is 0 Å². The molecule has 1 atom stereocenters. The van der Waals surface area contributed by atoms with Gasteiger partial charge in [0, 0.05) is 18.7 Å². The Bertz CT molecular complexity index is 482. The topological polar surface area (TPSA) is 98.7 Å². The number of halogens is 2. The number of carboxylic acids is 1. The average Bonchev–Trinajstić information content (AvgIpc) is 2.33. The molecule has 0 aliphatic heterocycles. The maximum atomic E-state index is 11.6. The SMILES string of the molecule is O=C(Nc1ccc(Cl)c(Cl)c1)N[C@H](CCO)C(=O)O. The molecule has 0 fully saturated rings. The molecule has 1 aromatic rings. The molecule has 0 unspecified atom stereocenters. The fraction of sp³-hybridized carbons (Fsp3) is 0.273. The van der Waals surface area contributed by atoms with E-state index in [1.807, 2.05) is 0 Å². The lowest BCUT2D eigenvalue weighted by molar-refractivity contribution is -0.139. The van der Waals surface area contributed by atoms with E-state index in [0.717, 1.165) is 0 Å². The van der Waals surface area contributed by atoms with Crippen LogP contribution in [0, 0.1) is 0 Å². The molecule has 0 radical (unpaired) electrons. The zero-order valence-electron chi connectivity index (χ0n) is 9.69. The number of aliphatic hydroxyl groups is 1. The molecule has 1 rings (SSSR count). The number of rotatable bonds is 5. The monoisotopic (exact) mass is 306 g/mol. The third kappa shape index (κ3) is 4.94. The standard InChI is InChI=1S/C11H12Cl2N2O4/c12-7-2-1-6(5-8(7)13)14-11(19)15-9(3-4-16)10(17)18/h1-2,5,9,16H,3-4H2,(H,17,18)(H2,14,15,19)/t9-/m1/s1. The van der Waals surface area contributed by atoms with Crippen molar-refractivity contribution in [3.05, 3.63) is 28.2 Å².